The van der Waals surface area contributed by atoms with E-state index in [0.717, 1.165) is 11.1 Å². The van der Waals surface area contributed by atoms with Gasteiger partial charge in [0.25, 0.3) is 5.91 Å². The van der Waals surface area contributed by atoms with Gasteiger partial charge in [-0.15, -0.1) is 0 Å². The Hall–Kier alpha value is -3.15. The van der Waals surface area contributed by atoms with Crippen LogP contribution in [0.4, 0.5) is 0 Å². The minimum absolute atomic E-state index is 0.152. The van der Waals surface area contributed by atoms with E-state index < -0.39 is 0 Å². The Balaban J connectivity index is 1.82. The molecule has 1 aromatic carbocycles. The van der Waals surface area contributed by atoms with Crippen molar-refractivity contribution in [3.8, 4) is 17.0 Å². The van der Waals surface area contributed by atoms with Crippen molar-refractivity contribution < 1.29 is 9.90 Å². The quantitative estimate of drug-likeness (QED) is 0.775. The average molecular weight is 308 g/mol. The highest BCUT2D eigenvalue weighted by Gasteiger charge is 2.19. The van der Waals surface area contributed by atoms with Crippen molar-refractivity contribution in [2.45, 2.75) is 6.54 Å². The van der Waals surface area contributed by atoms with Crippen molar-refractivity contribution >= 4 is 5.91 Å². The number of phenolic OH excluding ortho intramolecular Hbond substituents is 1. The molecule has 0 bridgehead atoms. The fourth-order valence-corrected chi connectivity index (χ4v) is 2.39. The van der Waals surface area contributed by atoms with Crippen LogP contribution in [0.5, 0.6) is 5.75 Å². The number of aromatic nitrogens is 3. The first-order chi connectivity index (χ1) is 11.1. The minimum Gasteiger partial charge on any atom is -0.508 e. The molecule has 2 heterocycles. The third-order valence-corrected chi connectivity index (χ3v) is 3.50. The SMILES string of the molecule is CN(Cc1cccc(O)c1)C(=O)c1cn[nH]c1-c1cccnc1. The third kappa shape index (κ3) is 3.21. The molecule has 0 atom stereocenters. The summed E-state index contributed by atoms with van der Waals surface area (Å²) in [5.74, 6) is 0.0312. The summed E-state index contributed by atoms with van der Waals surface area (Å²) in [4.78, 5) is 18.3. The van der Waals surface area contributed by atoms with Gasteiger partial charge in [0.15, 0.2) is 0 Å². The Kier molecular flexibility index (Phi) is 4.05. The summed E-state index contributed by atoms with van der Waals surface area (Å²) in [6.45, 7) is 0.394. The molecule has 0 saturated heterocycles. The van der Waals surface area contributed by atoms with Gasteiger partial charge in [0.1, 0.15) is 5.75 Å². The zero-order chi connectivity index (χ0) is 16.2. The first-order valence-electron chi connectivity index (χ1n) is 7.12. The summed E-state index contributed by atoms with van der Waals surface area (Å²) in [6, 6.07) is 10.5. The van der Waals surface area contributed by atoms with Crippen LogP contribution in [0.3, 0.4) is 0 Å². The van der Waals surface area contributed by atoms with Crippen molar-refractivity contribution in [2.24, 2.45) is 0 Å². The van der Waals surface area contributed by atoms with Gasteiger partial charge < -0.3 is 10.0 Å². The van der Waals surface area contributed by atoms with E-state index in [2.05, 4.69) is 15.2 Å². The standard InChI is InChI=1S/C17H16N4O2/c1-21(11-12-4-2-6-14(22)8-12)17(23)15-10-19-20-16(15)13-5-3-7-18-9-13/h2-10,22H,11H2,1H3,(H,19,20). The molecule has 2 aromatic heterocycles. The second kappa shape index (κ2) is 6.31. The molecule has 6 nitrogen and oxygen atoms in total. The molecule has 0 aliphatic heterocycles. The van der Waals surface area contributed by atoms with Gasteiger partial charge in [-0.2, -0.15) is 5.10 Å². The Labute approximate surface area is 133 Å². The molecule has 0 fully saturated rings. The van der Waals surface area contributed by atoms with Gasteiger partial charge in [-0.3, -0.25) is 14.9 Å². The summed E-state index contributed by atoms with van der Waals surface area (Å²) >= 11 is 0. The zero-order valence-electron chi connectivity index (χ0n) is 12.6. The van der Waals surface area contributed by atoms with Crippen LogP contribution < -0.4 is 0 Å². The molecular formula is C17H16N4O2. The number of rotatable bonds is 4. The third-order valence-electron chi connectivity index (χ3n) is 3.50. The molecule has 3 rings (SSSR count). The number of H-pyrrole nitrogens is 1. The number of hydrogen-bond donors (Lipinski definition) is 2. The molecule has 3 aromatic rings. The van der Waals surface area contributed by atoms with Gasteiger partial charge in [0.05, 0.1) is 17.5 Å². The number of nitrogens with zero attached hydrogens (tertiary/aromatic N) is 3. The Morgan fingerprint density at radius 2 is 2.13 bits per heavy atom. The lowest BCUT2D eigenvalue weighted by molar-refractivity contribution is 0.0786. The smallest absolute Gasteiger partial charge is 0.257 e. The maximum absolute atomic E-state index is 12.7. The molecule has 23 heavy (non-hydrogen) atoms. The first kappa shape index (κ1) is 14.8. The fourth-order valence-electron chi connectivity index (χ4n) is 2.39. The number of aromatic hydroxyl groups is 1. The van der Waals surface area contributed by atoms with Crippen molar-refractivity contribution in [2.75, 3.05) is 7.05 Å². The molecule has 0 unspecified atom stereocenters. The molecule has 0 saturated carbocycles. The number of phenols is 1. The lowest BCUT2D eigenvalue weighted by atomic mass is 10.1. The average Bonchev–Trinajstić information content (AvgIpc) is 3.04. The van der Waals surface area contributed by atoms with E-state index in [9.17, 15) is 9.90 Å². The highest BCUT2D eigenvalue weighted by Crippen LogP contribution is 2.22. The molecular weight excluding hydrogens is 292 g/mol. The first-order valence-corrected chi connectivity index (χ1v) is 7.12. The minimum atomic E-state index is -0.152. The van der Waals surface area contributed by atoms with Crippen LogP contribution in [0.15, 0.2) is 55.0 Å². The number of hydrogen-bond acceptors (Lipinski definition) is 4. The maximum atomic E-state index is 12.7. The van der Waals surface area contributed by atoms with Crippen LogP contribution in [0.25, 0.3) is 11.3 Å². The highest BCUT2D eigenvalue weighted by molar-refractivity contribution is 5.99. The molecule has 6 heteroatoms. The van der Waals surface area contributed by atoms with E-state index in [4.69, 9.17) is 0 Å². The number of carbonyl (C=O) groups excluding carboxylic acids is 1. The van der Waals surface area contributed by atoms with Gasteiger partial charge in [-0.25, -0.2) is 0 Å². The molecule has 0 spiro atoms. The Morgan fingerprint density at radius 1 is 1.26 bits per heavy atom. The van der Waals surface area contributed by atoms with Crippen LogP contribution in [0, 0.1) is 0 Å². The topological polar surface area (TPSA) is 82.1 Å². The summed E-state index contributed by atoms with van der Waals surface area (Å²) in [7, 11) is 1.71. The van der Waals surface area contributed by atoms with Crippen molar-refractivity contribution in [1.29, 1.82) is 0 Å². The highest BCUT2D eigenvalue weighted by atomic mass is 16.3. The molecule has 2 N–H and O–H groups in total. The van der Waals surface area contributed by atoms with E-state index in [1.54, 1.807) is 48.6 Å². The van der Waals surface area contributed by atoms with Gasteiger partial charge >= 0.3 is 0 Å². The fraction of sp³-hybridized carbons (Fsp3) is 0.118. The van der Waals surface area contributed by atoms with Crippen molar-refractivity contribution in [1.82, 2.24) is 20.1 Å². The molecule has 0 radical (unpaired) electrons. The molecule has 0 aliphatic carbocycles. The van der Waals surface area contributed by atoms with Crippen LogP contribution in [0.1, 0.15) is 15.9 Å². The van der Waals surface area contributed by atoms with Crippen LogP contribution in [-0.2, 0) is 6.54 Å². The predicted molar refractivity (Wildman–Crippen MR) is 85.7 cm³/mol. The number of benzene rings is 1. The molecule has 0 aliphatic rings. The zero-order valence-corrected chi connectivity index (χ0v) is 12.6. The second-order valence-electron chi connectivity index (χ2n) is 5.23. The van der Waals surface area contributed by atoms with E-state index in [1.807, 2.05) is 12.1 Å². The number of pyridine rings is 1. The lowest BCUT2D eigenvalue weighted by Crippen LogP contribution is -2.26. The number of carbonyl (C=O) groups is 1. The maximum Gasteiger partial charge on any atom is 0.257 e. The predicted octanol–water partition coefficient (Wildman–Crippen LogP) is 2.45. The van der Waals surface area contributed by atoms with Crippen molar-refractivity contribution in [3.63, 3.8) is 0 Å². The van der Waals surface area contributed by atoms with Gasteiger partial charge in [-0.05, 0) is 29.8 Å². The Bertz CT molecular complexity index is 814. The normalized spacial score (nSPS) is 10.5. The monoisotopic (exact) mass is 308 g/mol. The summed E-state index contributed by atoms with van der Waals surface area (Å²) in [6.07, 6.45) is 4.87. The summed E-state index contributed by atoms with van der Waals surface area (Å²) in [5, 5.41) is 16.4. The van der Waals surface area contributed by atoms with Gasteiger partial charge in [0.2, 0.25) is 0 Å². The van der Waals surface area contributed by atoms with Gasteiger partial charge in [-0.1, -0.05) is 12.1 Å². The number of aromatic amines is 1. The summed E-state index contributed by atoms with van der Waals surface area (Å²) < 4.78 is 0. The molecule has 1 amide bonds. The Morgan fingerprint density at radius 3 is 2.87 bits per heavy atom. The van der Waals surface area contributed by atoms with Crippen molar-refractivity contribution in [3.05, 3.63) is 66.1 Å². The van der Waals surface area contributed by atoms with E-state index >= 15 is 0 Å². The second-order valence-corrected chi connectivity index (χ2v) is 5.23. The van der Waals surface area contributed by atoms with E-state index in [-0.39, 0.29) is 11.7 Å². The largest absolute Gasteiger partial charge is 0.508 e. The summed E-state index contributed by atoms with van der Waals surface area (Å²) in [5.41, 5.74) is 2.79. The van der Waals surface area contributed by atoms with Gasteiger partial charge in [0, 0.05) is 31.5 Å². The van der Waals surface area contributed by atoms with Crippen LogP contribution in [-0.4, -0.2) is 38.1 Å². The lowest BCUT2D eigenvalue weighted by Gasteiger charge is -2.17. The van der Waals surface area contributed by atoms with E-state index in [0.29, 0.717) is 17.8 Å². The molecule has 116 valence electrons. The number of nitrogens with one attached hydrogen (secondary N) is 1. The van der Waals surface area contributed by atoms with Crippen LogP contribution >= 0.6 is 0 Å². The van der Waals surface area contributed by atoms with E-state index in [1.165, 1.54) is 6.20 Å². The number of amides is 1. The van der Waals surface area contributed by atoms with Crippen LogP contribution in [0.2, 0.25) is 0 Å².